The molecule has 0 aromatic heterocycles. The Labute approximate surface area is 70.9 Å². The van der Waals surface area contributed by atoms with Crippen molar-refractivity contribution in [3.05, 3.63) is 11.6 Å². The Morgan fingerprint density at radius 3 is 2.27 bits per heavy atom. The minimum atomic E-state index is 0.425. The van der Waals surface area contributed by atoms with Crippen molar-refractivity contribution in [3.63, 3.8) is 0 Å². The third-order valence-electron chi connectivity index (χ3n) is 1.46. The predicted octanol–water partition coefficient (Wildman–Crippen LogP) is 2.59. The van der Waals surface area contributed by atoms with Crippen LogP contribution < -0.4 is 5.32 Å². The molecule has 66 valence electrons. The fourth-order valence-corrected chi connectivity index (χ4v) is 1.18. The molecule has 0 aliphatic rings. The Bertz CT molecular complexity index is 128. The molecule has 0 spiro atoms. The van der Waals surface area contributed by atoms with Crippen molar-refractivity contribution in [2.24, 2.45) is 5.41 Å². The number of rotatable bonds is 3. The minimum Gasteiger partial charge on any atom is -0.316 e. The van der Waals surface area contributed by atoms with Crippen molar-refractivity contribution >= 4 is 0 Å². The first-order valence-electron chi connectivity index (χ1n) is 4.26. The Kier molecular flexibility index (Phi) is 4.43. The lowest BCUT2D eigenvalue weighted by atomic mass is 9.88. The number of allylic oxidation sites excluding steroid dienone is 1. The highest BCUT2D eigenvalue weighted by molar-refractivity contribution is 5.01. The van der Waals surface area contributed by atoms with Gasteiger partial charge >= 0.3 is 0 Å². The molecule has 11 heavy (non-hydrogen) atoms. The van der Waals surface area contributed by atoms with Crippen molar-refractivity contribution in [3.8, 4) is 0 Å². The fourth-order valence-electron chi connectivity index (χ4n) is 1.18. The van der Waals surface area contributed by atoms with Gasteiger partial charge in [-0.05, 0) is 25.8 Å². The van der Waals surface area contributed by atoms with Crippen molar-refractivity contribution in [2.45, 2.75) is 34.1 Å². The third-order valence-corrected chi connectivity index (χ3v) is 1.46. The van der Waals surface area contributed by atoms with E-state index >= 15 is 0 Å². The first kappa shape index (κ1) is 10.7. The van der Waals surface area contributed by atoms with E-state index in [-0.39, 0.29) is 0 Å². The van der Waals surface area contributed by atoms with Gasteiger partial charge in [0.2, 0.25) is 0 Å². The zero-order valence-corrected chi connectivity index (χ0v) is 8.49. The average Bonchev–Trinajstić information content (AvgIpc) is 1.79. The van der Waals surface area contributed by atoms with E-state index in [1.165, 1.54) is 12.0 Å². The number of hydrogen-bond donors (Lipinski definition) is 1. The molecule has 0 saturated carbocycles. The van der Waals surface area contributed by atoms with Gasteiger partial charge in [0.25, 0.3) is 0 Å². The summed E-state index contributed by atoms with van der Waals surface area (Å²) >= 11 is 0. The highest BCUT2D eigenvalue weighted by Gasteiger charge is 2.09. The zero-order chi connectivity index (χ0) is 8.91. The van der Waals surface area contributed by atoms with E-state index in [0.717, 1.165) is 6.54 Å². The molecular weight excluding hydrogens is 134 g/mol. The summed E-state index contributed by atoms with van der Waals surface area (Å²) in [7, 11) is 1.97. The molecule has 1 heteroatoms. The van der Waals surface area contributed by atoms with E-state index in [1.54, 1.807) is 0 Å². The molecule has 0 unspecified atom stereocenters. The van der Waals surface area contributed by atoms with Crippen LogP contribution in [-0.2, 0) is 0 Å². The molecule has 0 aromatic rings. The van der Waals surface area contributed by atoms with Crippen LogP contribution >= 0.6 is 0 Å². The largest absolute Gasteiger partial charge is 0.316 e. The highest BCUT2D eigenvalue weighted by Crippen LogP contribution is 2.23. The number of hydrogen-bond acceptors (Lipinski definition) is 1. The fraction of sp³-hybridized carbons (Fsp3) is 0.800. The lowest BCUT2D eigenvalue weighted by Gasteiger charge is -2.18. The highest BCUT2D eigenvalue weighted by atomic mass is 14.8. The number of nitrogens with one attached hydrogen (secondary N) is 1. The van der Waals surface area contributed by atoms with Crippen molar-refractivity contribution in [1.82, 2.24) is 5.32 Å². The van der Waals surface area contributed by atoms with Crippen molar-refractivity contribution in [2.75, 3.05) is 13.6 Å². The van der Waals surface area contributed by atoms with Crippen LogP contribution in [0.25, 0.3) is 0 Å². The summed E-state index contributed by atoms with van der Waals surface area (Å²) in [6.07, 6.45) is 3.44. The second kappa shape index (κ2) is 4.55. The molecule has 0 aromatic carbocycles. The van der Waals surface area contributed by atoms with Crippen LogP contribution in [0.1, 0.15) is 34.1 Å². The third kappa shape index (κ3) is 7.60. The van der Waals surface area contributed by atoms with Crippen molar-refractivity contribution < 1.29 is 0 Å². The summed E-state index contributed by atoms with van der Waals surface area (Å²) in [4.78, 5) is 0. The van der Waals surface area contributed by atoms with Gasteiger partial charge in [-0.3, -0.25) is 0 Å². The Hall–Kier alpha value is -0.300. The van der Waals surface area contributed by atoms with Crippen LogP contribution in [0, 0.1) is 5.41 Å². The SMILES string of the molecule is CNC/C=C(/C)CC(C)(C)C. The molecule has 0 fully saturated rings. The standard InChI is InChI=1S/C10H21N/c1-9(6-7-11-5)8-10(2,3)4/h6,11H,7-8H2,1-5H3/b9-6-. The van der Waals surface area contributed by atoms with Crippen LogP contribution in [0.3, 0.4) is 0 Å². The van der Waals surface area contributed by atoms with Gasteiger partial charge in [-0.2, -0.15) is 0 Å². The summed E-state index contributed by atoms with van der Waals surface area (Å²) in [5.74, 6) is 0. The maximum atomic E-state index is 3.11. The molecule has 0 rings (SSSR count). The molecule has 0 amide bonds. The van der Waals surface area contributed by atoms with E-state index < -0.39 is 0 Å². The van der Waals surface area contributed by atoms with Gasteiger partial charge < -0.3 is 5.32 Å². The van der Waals surface area contributed by atoms with Gasteiger partial charge in [0.1, 0.15) is 0 Å². The van der Waals surface area contributed by atoms with Crippen molar-refractivity contribution in [1.29, 1.82) is 0 Å². The van der Waals surface area contributed by atoms with E-state index in [0.29, 0.717) is 5.41 Å². The first-order chi connectivity index (χ1) is 4.95. The summed E-state index contributed by atoms with van der Waals surface area (Å²) in [6.45, 7) is 9.99. The molecule has 0 atom stereocenters. The normalized spacial score (nSPS) is 13.7. The Morgan fingerprint density at radius 2 is 1.91 bits per heavy atom. The Balaban J connectivity index is 3.76. The van der Waals surface area contributed by atoms with Gasteiger partial charge in [-0.1, -0.05) is 32.4 Å². The predicted molar refractivity (Wildman–Crippen MR) is 51.8 cm³/mol. The van der Waals surface area contributed by atoms with Gasteiger partial charge in [0.15, 0.2) is 0 Å². The van der Waals surface area contributed by atoms with Gasteiger partial charge in [-0.15, -0.1) is 0 Å². The number of likely N-dealkylation sites (N-methyl/N-ethyl adjacent to an activating group) is 1. The Morgan fingerprint density at radius 1 is 1.36 bits per heavy atom. The summed E-state index contributed by atoms with van der Waals surface area (Å²) in [5.41, 5.74) is 1.90. The molecule has 0 heterocycles. The van der Waals surface area contributed by atoms with E-state index in [2.05, 4.69) is 39.1 Å². The van der Waals surface area contributed by atoms with Crippen LogP contribution in [-0.4, -0.2) is 13.6 Å². The second-order valence-corrected chi connectivity index (χ2v) is 4.35. The van der Waals surface area contributed by atoms with E-state index in [4.69, 9.17) is 0 Å². The smallest absolute Gasteiger partial charge is 0.0134 e. The molecule has 0 radical (unpaired) electrons. The molecule has 0 aliphatic heterocycles. The van der Waals surface area contributed by atoms with Crippen LogP contribution in [0.4, 0.5) is 0 Å². The first-order valence-corrected chi connectivity index (χ1v) is 4.26. The summed E-state index contributed by atoms with van der Waals surface area (Å²) in [6, 6.07) is 0. The molecular formula is C10H21N. The quantitative estimate of drug-likeness (QED) is 0.618. The van der Waals surface area contributed by atoms with Crippen LogP contribution in [0.15, 0.2) is 11.6 Å². The maximum Gasteiger partial charge on any atom is 0.0134 e. The van der Waals surface area contributed by atoms with Gasteiger partial charge in [0, 0.05) is 6.54 Å². The topological polar surface area (TPSA) is 12.0 Å². The van der Waals surface area contributed by atoms with Crippen LogP contribution in [0.5, 0.6) is 0 Å². The zero-order valence-electron chi connectivity index (χ0n) is 8.49. The monoisotopic (exact) mass is 155 g/mol. The molecule has 0 saturated heterocycles. The van der Waals surface area contributed by atoms with Gasteiger partial charge in [0.05, 0.1) is 0 Å². The van der Waals surface area contributed by atoms with E-state index in [1.807, 2.05) is 7.05 Å². The molecule has 1 nitrogen and oxygen atoms in total. The van der Waals surface area contributed by atoms with Gasteiger partial charge in [-0.25, -0.2) is 0 Å². The second-order valence-electron chi connectivity index (χ2n) is 4.35. The average molecular weight is 155 g/mol. The van der Waals surface area contributed by atoms with Crippen LogP contribution in [0.2, 0.25) is 0 Å². The summed E-state index contributed by atoms with van der Waals surface area (Å²) < 4.78 is 0. The molecule has 1 N–H and O–H groups in total. The molecule has 0 bridgehead atoms. The lowest BCUT2D eigenvalue weighted by molar-refractivity contribution is 0.409. The minimum absolute atomic E-state index is 0.425. The lowest BCUT2D eigenvalue weighted by Crippen LogP contribution is -2.08. The maximum absolute atomic E-state index is 3.11. The summed E-state index contributed by atoms with van der Waals surface area (Å²) in [5, 5.41) is 3.11. The molecule has 0 aliphatic carbocycles. The van der Waals surface area contributed by atoms with E-state index in [9.17, 15) is 0 Å².